The first-order valence-electron chi connectivity index (χ1n) is 14.2. The van der Waals surface area contributed by atoms with Gasteiger partial charge in [-0.25, -0.2) is 29.7 Å². The molecule has 2 saturated carbocycles. The number of hydrogen-bond donors (Lipinski definition) is 2. The highest BCUT2D eigenvalue weighted by Crippen LogP contribution is 2.46. The zero-order valence-electron chi connectivity index (χ0n) is 23.0. The number of ether oxygens (including phenoxy) is 2. The number of anilines is 3. The van der Waals surface area contributed by atoms with Crippen molar-refractivity contribution >= 4 is 35.0 Å². The van der Waals surface area contributed by atoms with Crippen molar-refractivity contribution in [3.63, 3.8) is 0 Å². The van der Waals surface area contributed by atoms with Gasteiger partial charge in [-0.3, -0.25) is 9.69 Å². The van der Waals surface area contributed by atoms with Gasteiger partial charge in [-0.2, -0.15) is 0 Å². The number of nitrogens with zero attached hydrogens (tertiary/aromatic N) is 7. The van der Waals surface area contributed by atoms with Crippen molar-refractivity contribution in [1.82, 2.24) is 29.3 Å². The molecule has 4 aromatic rings. The minimum Gasteiger partial charge on any atom is -0.436 e. The fourth-order valence-corrected chi connectivity index (χ4v) is 5.70. The topological polar surface area (TPSA) is 149 Å². The quantitative estimate of drug-likeness (QED) is 0.325. The molecule has 2 atom stereocenters. The number of pyridine rings is 1. The lowest BCUT2D eigenvalue weighted by molar-refractivity contribution is -0.155. The molecule has 4 fully saturated rings. The van der Waals surface area contributed by atoms with Crippen molar-refractivity contribution in [2.75, 3.05) is 35.3 Å². The molecule has 6 heterocycles. The maximum atomic E-state index is 12.8. The Morgan fingerprint density at radius 3 is 2.74 bits per heavy atom. The lowest BCUT2D eigenvalue weighted by atomic mass is 10.0. The third kappa shape index (κ3) is 4.59. The molecule has 0 aromatic carbocycles. The van der Waals surface area contributed by atoms with Gasteiger partial charge in [0.05, 0.1) is 37.7 Å². The van der Waals surface area contributed by atoms with E-state index in [1.165, 1.54) is 11.9 Å². The van der Waals surface area contributed by atoms with Crippen LogP contribution in [0.25, 0.3) is 5.65 Å². The zero-order chi connectivity index (χ0) is 28.4. The van der Waals surface area contributed by atoms with Crippen LogP contribution in [-0.4, -0.2) is 66.7 Å². The molecule has 8 rings (SSSR count). The standard InChI is InChI=1S/C29H29N9O4/c1-16-4-5-30-25(34-16)20-7-21(20)27(39)36-24-8-23(32-15-33-24)31-9-19-11-37-10-18(17-2-3-17)6-22(26(37)35-19)38-12-29(13-41-14-29)42-28(38)40/h4-6,8,10-11,15,17,20-21H,2-3,7,9,12-14H2,1H3,(H2,31,32,33,36,39)/t20-,21-/m0/s1. The highest BCUT2D eigenvalue weighted by molar-refractivity contribution is 5.95. The van der Waals surface area contributed by atoms with Crippen molar-refractivity contribution in [3.05, 3.63) is 65.9 Å². The van der Waals surface area contributed by atoms with Gasteiger partial charge in [0.25, 0.3) is 0 Å². The van der Waals surface area contributed by atoms with Crippen LogP contribution in [0.2, 0.25) is 0 Å². The molecule has 0 radical (unpaired) electrons. The smallest absolute Gasteiger partial charge is 0.415 e. The molecule has 2 aliphatic carbocycles. The first-order chi connectivity index (χ1) is 20.4. The van der Waals surface area contributed by atoms with Gasteiger partial charge >= 0.3 is 6.09 Å². The number of hydrogen-bond acceptors (Lipinski definition) is 10. The Morgan fingerprint density at radius 2 is 1.98 bits per heavy atom. The van der Waals surface area contributed by atoms with E-state index in [2.05, 4.69) is 42.8 Å². The zero-order valence-corrected chi connectivity index (χ0v) is 23.0. The molecule has 214 valence electrons. The number of amides is 2. The number of rotatable bonds is 8. The summed E-state index contributed by atoms with van der Waals surface area (Å²) in [6.07, 6.45) is 9.84. The Hall–Kier alpha value is -4.65. The van der Waals surface area contributed by atoms with Crippen molar-refractivity contribution in [1.29, 1.82) is 0 Å². The lowest BCUT2D eigenvalue weighted by Gasteiger charge is -2.34. The Labute approximate surface area is 240 Å². The normalized spacial score (nSPS) is 22.2. The molecule has 42 heavy (non-hydrogen) atoms. The second kappa shape index (κ2) is 9.44. The van der Waals surface area contributed by atoms with Gasteiger partial charge in [0.15, 0.2) is 11.2 Å². The molecule has 4 aromatic heterocycles. The summed E-state index contributed by atoms with van der Waals surface area (Å²) in [6.45, 7) is 3.59. The third-order valence-corrected chi connectivity index (χ3v) is 8.28. The molecule has 0 unspecified atom stereocenters. The number of nitrogens with one attached hydrogen (secondary N) is 2. The predicted molar refractivity (Wildman–Crippen MR) is 150 cm³/mol. The Morgan fingerprint density at radius 1 is 1.12 bits per heavy atom. The van der Waals surface area contributed by atoms with E-state index in [1.807, 2.05) is 23.6 Å². The van der Waals surface area contributed by atoms with Crippen molar-refractivity contribution in [3.8, 4) is 0 Å². The van der Waals surface area contributed by atoms with E-state index in [0.29, 0.717) is 61.7 Å². The van der Waals surface area contributed by atoms with Crippen LogP contribution in [0, 0.1) is 12.8 Å². The fourth-order valence-electron chi connectivity index (χ4n) is 5.70. The summed E-state index contributed by atoms with van der Waals surface area (Å²) in [5.41, 5.74) is 3.74. The molecule has 2 amide bonds. The largest absolute Gasteiger partial charge is 0.436 e. The summed E-state index contributed by atoms with van der Waals surface area (Å²) in [7, 11) is 0. The number of aromatic nitrogens is 6. The van der Waals surface area contributed by atoms with Crippen LogP contribution in [0.5, 0.6) is 0 Å². The second-order valence-electron chi connectivity index (χ2n) is 11.7. The minimum atomic E-state index is -0.560. The van der Waals surface area contributed by atoms with Crippen molar-refractivity contribution in [2.24, 2.45) is 5.92 Å². The summed E-state index contributed by atoms with van der Waals surface area (Å²) >= 11 is 0. The van der Waals surface area contributed by atoms with Crippen molar-refractivity contribution < 1.29 is 19.1 Å². The van der Waals surface area contributed by atoms with E-state index in [0.717, 1.165) is 29.9 Å². The highest BCUT2D eigenvalue weighted by Gasteiger charge is 2.52. The van der Waals surface area contributed by atoms with Crippen LogP contribution in [0.3, 0.4) is 0 Å². The van der Waals surface area contributed by atoms with E-state index >= 15 is 0 Å². The molecule has 13 heteroatoms. The summed E-state index contributed by atoms with van der Waals surface area (Å²) in [4.78, 5) is 49.5. The number of aryl methyl sites for hydroxylation is 1. The van der Waals surface area contributed by atoms with E-state index in [1.54, 1.807) is 17.2 Å². The second-order valence-corrected chi connectivity index (χ2v) is 11.7. The van der Waals surface area contributed by atoms with Gasteiger partial charge in [-0.1, -0.05) is 0 Å². The molecular formula is C29H29N9O4. The molecule has 2 aliphatic heterocycles. The summed E-state index contributed by atoms with van der Waals surface area (Å²) in [5.74, 6) is 1.93. The van der Waals surface area contributed by atoms with Gasteiger partial charge in [-0.15, -0.1) is 0 Å². The number of imidazole rings is 1. The lowest BCUT2D eigenvalue weighted by Crippen LogP contribution is -2.52. The van der Waals surface area contributed by atoms with E-state index in [4.69, 9.17) is 14.5 Å². The van der Waals surface area contributed by atoms with Crippen LogP contribution >= 0.6 is 0 Å². The van der Waals surface area contributed by atoms with Crippen molar-refractivity contribution in [2.45, 2.75) is 50.2 Å². The van der Waals surface area contributed by atoms with Crippen LogP contribution in [0.1, 0.15) is 53.9 Å². The molecule has 13 nitrogen and oxygen atoms in total. The Bertz CT molecular complexity index is 1730. The van der Waals surface area contributed by atoms with Gasteiger partial charge in [0.1, 0.15) is 23.8 Å². The number of carbonyl (C=O) groups excluding carboxylic acids is 2. The Balaban J connectivity index is 0.968. The maximum Gasteiger partial charge on any atom is 0.415 e. The molecule has 2 saturated heterocycles. The summed E-state index contributed by atoms with van der Waals surface area (Å²) in [5, 5.41) is 6.18. The van der Waals surface area contributed by atoms with Gasteiger partial charge in [0.2, 0.25) is 5.91 Å². The van der Waals surface area contributed by atoms with Gasteiger partial charge in [0, 0.05) is 42.2 Å². The predicted octanol–water partition coefficient (Wildman–Crippen LogP) is 3.18. The maximum absolute atomic E-state index is 12.8. The molecule has 2 N–H and O–H groups in total. The van der Waals surface area contributed by atoms with Crippen LogP contribution in [0.4, 0.5) is 22.1 Å². The average molecular weight is 568 g/mol. The fraction of sp³-hybridized carbons (Fsp3) is 0.414. The summed E-state index contributed by atoms with van der Waals surface area (Å²) in [6, 6.07) is 5.62. The van der Waals surface area contributed by atoms with E-state index < -0.39 is 5.60 Å². The van der Waals surface area contributed by atoms with Crippen LogP contribution < -0.4 is 15.5 Å². The van der Waals surface area contributed by atoms with Crippen LogP contribution in [-0.2, 0) is 20.8 Å². The first-order valence-corrected chi connectivity index (χ1v) is 14.2. The first kappa shape index (κ1) is 25.1. The summed E-state index contributed by atoms with van der Waals surface area (Å²) < 4.78 is 13.0. The molecule has 1 spiro atoms. The van der Waals surface area contributed by atoms with E-state index in [-0.39, 0.29) is 23.8 Å². The van der Waals surface area contributed by atoms with Gasteiger partial charge < -0.3 is 24.5 Å². The molecular weight excluding hydrogens is 538 g/mol. The minimum absolute atomic E-state index is 0.0275. The third-order valence-electron chi connectivity index (χ3n) is 8.28. The monoisotopic (exact) mass is 567 g/mol. The highest BCUT2D eigenvalue weighted by atomic mass is 16.6. The number of carbonyl (C=O) groups is 2. The Kier molecular flexibility index (Phi) is 5.64. The van der Waals surface area contributed by atoms with E-state index in [9.17, 15) is 9.59 Å². The van der Waals surface area contributed by atoms with Crippen LogP contribution in [0.15, 0.2) is 43.1 Å². The molecule has 4 aliphatic rings. The number of fused-ring (bicyclic) bond motifs is 1. The average Bonchev–Trinajstić information content (AvgIpc) is 3.88. The molecule has 0 bridgehead atoms. The van der Waals surface area contributed by atoms with Gasteiger partial charge in [-0.05, 0) is 49.8 Å². The SMILES string of the molecule is Cc1ccnc([C@H]2C[C@@H]2C(=O)Nc2cc(NCc3cn4cc(C5CC5)cc(N5CC6(COC6)OC5=O)c4n3)ncn2)n1.